The second kappa shape index (κ2) is 7.09. The zero-order valence-electron chi connectivity index (χ0n) is 11.4. The van der Waals surface area contributed by atoms with Crippen molar-refractivity contribution < 1.29 is 27.0 Å². The predicted octanol–water partition coefficient (Wildman–Crippen LogP) is 2.99. The van der Waals surface area contributed by atoms with Gasteiger partial charge in [0.15, 0.2) is 0 Å². The van der Waals surface area contributed by atoms with E-state index in [0.29, 0.717) is 19.2 Å². The van der Waals surface area contributed by atoms with E-state index in [2.05, 4.69) is 5.32 Å². The summed E-state index contributed by atoms with van der Waals surface area (Å²) in [5, 5.41) is 3.11. The molecule has 0 aromatic heterocycles. The Morgan fingerprint density at radius 2 is 2.14 bits per heavy atom. The SMILES string of the molecule is Fc1ccc(OCCNCC2CCCO2)cc1C(F)(F)F. The van der Waals surface area contributed by atoms with Crippen LogP contribution in [-0.2, 0) is 10.9 Å². The Morgan fingerprint density at radius 1 is 1.33 bits per heavy atom. The minimum absolute atomic E-state index is 0.00245. The summed E-state index contributed by atoms with van der Waals surface area (Å²) >= 11 is 0. The van der Waals surface area contributed by atoms with Crippen LogP contribution in [0.5, 0.6) is 5.75 Å². The molecule has 2 rings (SSSR count). The van der Waals surface area contributed by atoms with E-state index >= 15 is 0 Å². The molecule has 0 amide bonds. The number of benzene rings is 1. The third-order valence-electron chi connectivity index (χ3n) is 3.19. The van der Waals surface area contributed by atoms with Crippen LogP contribution in [0.15, 0.2) is 18.2 Å². The Morgan fingerprint density at radius 3 is 2.81 bits per heavy atom. The molecular weight excluding hydrogens is 290 g/mol. The molecular formula is C14H17F4NO2. The molecule has 1 aliphatic rings. The average molecular weight is 307 g/mol. The standard InChI is InChI=1S/C14H17F4NO2/c15-13-4-3-10(8-12(13)14(16,17)18)21-7-5-19-9-11-2-1-6-20-11/h3-4,8,11,19H,1-2,5-7,9H2. The maximum atomic E-state index is 13.1. The monoisotopic (exact) mass is 307 g/mol. The minimum Gasteiger partial charge on any atom is -0.492 e. The number of rotatable bonds is 6. The van der Waals surface area contributed by atoms with E-state index in [9.17, 15) is 17.6 Å². The van der Waals surface area contributed by atoms with Gasteiger partial charge in [-0.1, -0.05) is 0 Å². The molecule has 3 nitrogen and oxygen atoms in total. The Hall–Kier alpha value is -1.34. The number of alkyl halides is 3. The lowest BCUT2D eigenvalue weighted by Crippen LogP contribution is -2.29. The summed E-state index contributed by atoms with van der Waals surface area (Å²) in [5.74, 6) is -1.30. The predicted molar refractivity (Wildman–Crippen MR) is 68.7 cm³/mol. The maximum Gasteiger partial charge on any atom is 0.419 e. The lowest BCUT2D eigenvalue weighted by Gasteiger charge is -2.13. The molecule has 0 bridgehead atoms. The number of hydrogen-bond acceptors (Lipinski definition) is 3. The van der Waals surface area contributed by atoms with Gasteiger partial charge in [0.05, 0.1) is 11.7 Å². The second-order valence-electron chi connectivity index (χ2n) is 4.83. The summed E-state index contributed by atoms with van der Waals surface area (Å²) in [6.07, 6.45) is -2.45. The Bertz CT molecular complexity index is 459. The van der Waals surface area contributed by atoms with E-state index in [0.717, 1.165) is 25.5 Å². The molecule has 0 aliphatic carbocycles. The molecule has 1 N–H and O–H groups in total. The summed E-state index contributed by atoms with van der Waals surface area (Å²) < 4.78 is 61.3. The maximum absolute atomic E-state index is 13.1. The highest BCUT2D eigenvalue weighted by molar-refractivity contribution is 5.31. The number of halogens is 4. The number of ether oxygens (including phenoxy) is 2. The minimum atomic E-state index is -4.72. The molecule has 0 spiro atoms. The van der Waals surface area contributed by atoms with Crippen molar-refractivity contribution in [3.05, 3.63) is 29.6 Å². The van der Waals surface area contributed by atoms with Gasteiger partial charge in [-0.15, -0.1) is 0 Å². The summed E-state index contributed by atoms with van der Waals surface area (Å²) in [5.41, 5.74) is -1.31. The highest BCUT2D eigenvalue weighted by atomic mass is 19.4. The van der Waals surface area contributed by atoms with Crippen LogP contribution < -0.4 is 10.1 Å². The number of hydrogen-bond donors (Lipinski definition) is 1. The van der Waals surface area contributed by atoms with E-state index in [-0.39, 0.29) is 18.5 Å². The lowest BCUT2D eigenvalue weighted by atomic mass is 10.2. The fraction of sp³-hybridized carbons (Fsp3) is 0.571. The molecule has 0 saturated carbocycles. The van der Waals surface area contributed by atoms with Gasteiger partial charge in [-0.3, -0.25) is 0 Å². The van der Waals surface area contributed by atoms with Crippen molar-refractivity contribution in [1.82, 2.24) is 5.32 Å². The molecule has 1 atom stereocenters. The topological polar surface area (TPSA) is 30.5 Å². The quantitative estimate of drug-likeness (QED) is 0.647. The Labute approximate surface area is 120 Å². The zero-order valence-corrected chi connectivity index (χ0v) is 11.4. The van der Waals surface area contributed by atoms with Gasteiger partial charge < -0.3 is 14.8 Å². The van der Waals surface area contributed by atoms with E-state index in [1.165, 1.54) is 6.07 Å². The van der Waals surface area contributed by atoms with Crippen LogP contribution in [0.3, 0.4) is 0 Å². The van der Waals surface area contributed by atoms with Gasteiger partial charge in [-0.05, 0) is 31.0 Å². The first-order chi connectivity index (χ1) is 9.97. The molecule has 1 aliphatic heterocycles. The van der Waals surface area contributed by atoms with Crippen molar-refractivity contribution in [3.8, 4) is 5.75 Å². The van der Waals surface area contributed by atoms with Crippen molar-refractivity contribution in [3.63, 3.8) is 0 Å². The first-order valence-electron chi connectivity index (χ1n) is 6.78. The molecule has 118 valence electrons. The van der Waals surface area contributed by atoms with Gasteiger partial charge >= 0.3 is 6.18 Å². The van der Waals surface area contributed by atoms with Crippen molar-refractivity contribution in [2.45, 2.75) is 25.1 Å². The van der Waals surface area contributed by atoms with Crippen molar-refractivity contribution in [2.75, 3.05) is 26.3 Å². The van der Waals surface area contributed by atoms with Crippen LogP contribution >= 0.6 is 0 Å². The number of nitrogens with one attached hydrogen (secondary N) is 1. The van der Waals surface area contributed by atoms with Gasteiger partial charge in [-0.2, -0.15) is 13.2 Å². The van der Waals surface area contributed by atoms with Crippen molar-refractivity contribution in [2.24, 2.45) is 0 Å². The highest BCUT2D eigenvalue weighted by Crippen LogP contribution is 2.33. The smallest absolute Gasteiger partial charge is 0.419 e. The third-order valence-corrected chi connectivity index (χ3v) is 3.19. The molecule has 7 heteroatoms. The van der Waals surface area contributed by atoms with Crippen molar-refractivity contribution >= 4 is 0 Å². The van der Waals surface area contributed by atoms with Gasteiger partial charge in [-0.25, -0.2) is 4.39 Å². The third kappa shape index (κ3) is 4.86. The van der Waals surface area contributed by atoms with Crippen LogP contribution in [-0.4, -0.2) is 32.4 Å². The molecule has 1 heterocycles. The van der Waals surface area contributed by atoms with E-state index in [1.54, 1.807) is 0 Å². The molecule has 0 radical (unpaired) electrons. The largest absolute Gasteiger partial charge is 0.492 e. The molecule has 1 unspecified atom stereocenters. The van der Waals surface area contributed by atoms with Crippen LogP contribution in [0.2, 0.25) is 0 Å². The fourth-order valence-corrected chi connectivity index (χ4v) is 2.12. The summed E-state index contributed by atoms with van der Waals surface area (Å²) in [6.45, 7) is 2.16. The molecule has 1 aromatic carbocycles. The second-order valence-corrected chi connectivity index (χ2v) is 4.83. The van der Waals surface area contributed by atoms with Crippen LogP contribution in [0.4, 0.5) is 17.6 Å². The normalized spacial score (nSPS) is 19.0. The first-order valence-corrected chi connectivity index (χ1v) is 6.78. The molecule has 21 heavy (non-hydrogen) atoms. The van der Waals surface area contributed by atoms with E-state index < -0.39 is 17.6 Å². The van der Waals surface area contributed by atoms with Crippen molar-refractivity contribution in [1.29, 1.82) is 0 Å². The molecule has 1 fully saturated rings. The van der Waals surface area contributed by atoms with Gasteiger partial charge in [0.2, 0.25) is 0 Å². The Balaban J connectivity index is 1.75. The van der Waals surface area contributed by atoms with Gasteiger partial charge in [0.25, 0.3) is 0 Å². The summed E-state index contributed by atoms with van der Waals surface area (Å²) in [4.78, 5) is 0. The fourth-order valence-electron chi connectivity index (χ4n) is 2.12. The summed E-state index contributed by atoms with van der Waals surface area (Å²) in [6, 6.07) is 2.62. The van der Waals surface area contributed by atoms with E-state index in [1.807, 2.05) is 0 Å². The molecule has 1 saturated heterocycles. The lowest BCUT2D eigenvalue weighted by molar-refractivity contribution is -0.140. The Kier molecular flexibility index (Phi) is 5.41. The van der Waals surface area contributed by atoms with Crippen LogP contribution in [0.1, 0.15) is 18.4 Å². The van der Waals surface area contributed by atoms with Crippen LogP contribution in [0.25, 0.3) is 0 Å². The zero-order chi connectivity index (χ0) is 15.3. The molecule has 1 aromatic rings. The van der Waals surface area contributed by atoms with E-state index in [4.69, 9.17) is 9.47 Å². The van der Waals surface area contributed by atoms with Gasteiger partial charge in [0, 0.05) is 19.7 Å². The first kappa shape index (κ1) is 16.0. The average Bonchev–Trinajstić information content (AvgIpc) is 2.92. The highest BCUT2D eigenvalue weighted by Gasteiger charge is 2.34. The van der Waals surface area contributed by atoms with Crippen LogP contribution in [0, 0.1) is 5.82 Å². The summed E-state index contributed by atoms with van der Waals surface area (Å²) in [7, 11) is 0. The van der Waals surface area contributed by atoms with Gasteiger partial charge in [0.1, 0.15) is 18.2 Å².